The van der Waals surface area contributed by atoms with Crippen molar-refractivity contribution in [2.75, 3.05) is 26.2 Å². The fourth-order valence-corrected chi connectivity index (χ4v) is 11.8. The zero-order valence-electron chi connectivity index (χ0n) is 31.8. The molecule has 9 atom stereocenters. The second-order valence-electron chi connectivity index (χ2n) is 17.5. The lowest BCUT2D eigenvalue weighted by Crippen LogP contribution is -2.54. The number of nitrogens with zero attached hydrogens (tertiary/aromatic N) is 1. The van der Waals surface area contributed by atoms with Gasteiger partial charge in [-0.25, -0.2) is 0 Å². The Morgan fingerprint density at radius 3 is 2.61 bits per heavy atom. The molecule has 0 aromatic heterocycles. The fraction of sp³-hybridized carbons (Fsp3) is 0.705. The van der Waals surface area contributed by atoms with Gasteiger partial charge in [-0.1, -0.05) is 74.7 Å². The zero-order valence-corrected chi connectivity index (χ0v) is 31.8. The third kappa shape index (κ3) is 7.28. The zero-order chi connectivity index (χ0) is 35.8. The number of fused-ring (bicyclic) bond motifs is 6. The molecule has 1 aromatic rings. The van der Waals surface area contributed by atoms with Gasteiger partial charge >= 0.3 is 0 Å². The summed E-state index contributed by atoms with van der Waals surface area (Å²) in [4.78, 5) is 40.0. The Morgan fingerprint density at radius 2 is 1.78 bits per heavy atom. The van der Waals surface area contributed by atoms with E-state index in [4.69, 9.17) is 4.74 Å². The van der Waals surface area contributed by atoms with E-state index in [2.05, 4.69) is 61.4 Å². The van der Waals surface area contributed by atoms with E-state index in [-0.39, 0.29) is 28.9 Å². The van der Waals surface area contributed by atoms with Crippen molar-refractivity contribution in [3.05, 3.63) is 58.7 Å². The van der Waals surface area contributed by atoms with Crippen LogP contribution in [0, 0.1) is 35.0 Å². The van der Waals surface area contributed by atoms with Crippen LogP contribution in [-0.4, -0.2) is 66.4 Å². The standard InChI is InChI=1S/C44H63N3O4/c1-29-25-39-42(47(28-29)24-23-46-40(49)13-9-6-10-22-45-41(50)17-14-32-11-7-5-8-12-32)31(3)44(51-39)21-19-35-36-16-15-33-26-34(48)18-20-43(33,4)38(36)27-37(35)30(44)2/h5,7-8,11-12,15,29,31,35-36,38-39,42H,6,9-10,13-14,16-28H2,1-4H3,(H,45,50)(H,46,49)/t29-,31+,35-,36+,38+,39+,42+,43-,44-/m0/s1. The molecule has 2 saturated heterocycles. The number of nitrogens with one attached hydrogen (secondary N) is 2. The molecular formula is C44H63N3O4. The number of Topliss-reactive ketones (excluding diaryl/α,β-unsaturated/α-hetero) is 1. The molecule has 2 N–H and O–H groups in total. The summed E-state index contributed by atoms with van der Waals surface area (Å²) in [5.74, 6) is 3.68. The van der Waals surface area contributed by atoms with Crippen molar-refractivity contribution >= 4 is 17.6 Å². The largest absolute Gasteiger partial charge is 0.365 e. The molecule has 2 aliphatic heterocycles. The second kappa shape index (κ2) is 15.3. The van der Waals surface area contributed by atoms with E-state index in [0.29, 0.717) is 73.8 Å². The fourth-order valence-electron chi connectivity index (χ4n) is 11.8. The van der Waals surface area contributed by atoms with Crippen molar-refractivity contribution in [2.45, 2.75) is 135 Å². The van der Waals surface area contributed by atoms with Gasteiger partial charge < -0.3 is 15.4 Å². The molecule has 278 valence electrons. The van der Waals surface area contributed by atoms with Crippen molar-refractivity contribution in [1.29, 1.82) is 0 Å². The summed E-state index contributed by atoms with van der Waals surface area (Å²) in [6, 6.07) is 10.5. The minimum Gasteiger partial charge on any atom is -0.365 e. The highest BCUT2D eigenvalue weighted by molar-refractivity contribution is 5.82. The first kappa shape index (κ1) is 36.6. The van der Waals surface area contributed by atoms with Gasteiger partial charge in [0.15, 0.2) is 0 Å². The summed E-state index contributed by atoms with van der Waals surface area (Å²) >= 11 is 0. The lowest BCUT2D eigenvalue weighted by molar-refractivity contribution is -0.122. The van der Waals surface area contributed by atoms with Crippen LogP contribution in [0.2, 0.25) is 0 Å². The molecule has 1 spiro atoms. The lowest BCUT2D eigenvalue weighted by Gasteiger charge is -2.47. The molecule has 2 saturated carbocycles. The molecule has 51 heavy (non-hydrogen) atoms. The number of allylic oxidation sites excluding steroid dienone is 3. The predicted octanol–water partition coefficient (Wildman–Crippen LogP) is 7.35. The summed E-state index contributed by atoms with van der Waals surface area (Å²) < 4.78 is 7.32. The van der Waals surface area contributed by atoms with Gasteiger partial charge in [0.2, 0.25) is 11.8 Å². The van der Waals surface area contributed by atoms with Gasteiger partial charge in [0.25, 0.3) is 0 Å². The molecule has 0 bridgehead atoms. The molecule has 2 heterocycles. The average Bonchev–Trinajstić information content (AvgIpc) is 3.64. The maximum absolute atomic E-state index is 12.8. The molecule has 2 amide bonds. The number of hydrogen-bond acceptors (Lipinski definition) is 5. The summed E-state index contributed by atoms with van der Waals surface area (Å²) in [6.45, 7) is 13.0. The molecule has 6 aliphatic rings. The quantitative estimate of drug-likeness (QED) is 0.176. The summed E-state index contributed by atoms with van der Waals surface area (Å²) in [7, 11) is 0. The van der Waals surface area contributed by atoms with Crippen LogP contribution in [0.3, 0.4) is 0 Å². The Balaban J connectivity index is 0.881. The third-order valence-corrected chi connectivity index (χ3v) is 14.6. The van der Waals surface area contributed by atoms with E-state index in [9.17, 15) is 14.4 Å². The molecule has 7 nitrogen and oxygen atoms in total. The maximum Gasteiger partial charge on any atom is 0.220 e. The van der Waals surface area contributed by atoms with Crippen molar-refractivity contribution in [2.24, 2.45) is 35.0 Å². The van der Waals surface area contributed by atoms with Crippen LogP contribution in [-0.2, 0) is 25.5 Å². The number of carbonyl (C=O) groups is 3. The van der Waals surface area contributed by atoms with E-state index in [1.807, 2.05) is 18.2 Å². The number of aryl methyl sites for hydroxylation is 1. The van der Waals surface area contributed by atoms with Crippen LogP contribution in [0.25, 0.3) is 0 Å². The van der Waals surface area contributed by atoms with E-state index in [1.54, 1.807) is 11.1 Å². The second-order valence-corrected chi connectivity index (χ2v) is 17.5. The van der Waals surface area contributed by atoms with E-state index in [0.717, 1.165) is 70.9 Å². The van der Waals surface area contributed by atoms with Crippen LogP contribution in [0.4, 0.5) is 0 Å². The number of carbonyl (C=O) groups excluding carboxylic acids is 3. The predicted molar refractivity (Wildman–Crippen MR) is 202 cm³/mol. The topological polar surface area (TPSA) is 87.7 Å². The molecule has 1 aromatic carbocycles. The molecular weight excluding hydrogens is 635 g/mol. The van der Waals surface area contributed by atoms with Gasteiger partial charge in [0.05, 0.1) is 11.7 Å². The lowest BCUT2D eigenvalue weighted by atomic mass is 9.57. The van der Waals surface area contributed by atoms with Gasteiger partial charge in [-0.2, -0.15) is 0 Å². The number of ether oxygens (including phenoxy) is 1. The summed E-state index contributed by atoms with van der Waals surface area (Å²) in [6.07, 6.45) is 15.4. The third-order valence-electron chi connectivity index (χ3n) is 14.6. The number of likely N-dealkylation sites (tertiary alicyclic amines) is 1. The van der Waals surface area contributed by atoms with Crippen molar-refractivity contribution < 1.29 is 19.1 Å². The number of piperidine rings is 1. The minimum absolute atomic E-state index is 0.0962. The van der Waals surface area contributed by atoms with Crippen LogP contribution in [0.5, 0.6) is 0 Å². The number of hydrogen-bond donors (Lipinski definition) is 2. The van der Waals surface area contributed by atoms with Crippen LogP contribution >= 0.6 is 0 Å². The SMILES string of the molecule is CC1=C2C[C@@H]3[C@H](CC=C4CC(=O)CC[C@@]43C)[C@@H]2CC[C@]12O[C@@H]1C[C@H](C)CN(CCNC(=O)CCCCCNC(=O)CCc3ccccc3)[C@@H]1[C@H]2C. The van der Waals surface area contributed by atoms with Crippen molar-refractivity contribution in [3.63, 3.8) is 0 Å². The Bertz CT molecular complexity index is 1520. The van der Waals surface area contributed by atoms with E-state index in [1.165, 1.54) is 24.0 Å². The smallest absolute Gasteiger partial charge is 0.220 e. The van der Waals surface area contributed by atoms with Crippen LogP contribution in [0.1, 0.15) is 117 Å². The van der Waals surface area contributed by atoms with Crippen LogP contribution < -0.4 is 10.6 Å². The van der Waals surface area contributed by atoms with Gasteiger partial charge in [0.1, 0.15) is 5.78 Å². The van der Waals surface area contributed by atoms with Gasteiger partial charge in [-0.3, -0.25) is 19.3 Å². The monoisotopic (exact) mass is 697 g/mol. The van der Waals surface area contributed by atoms with Crippen molar-refractivity contribution in [1.82, 2.24) is 15.5 Å². The van der Waals surface area contributed by atoms with Gasteiger partial charge in [-0.15, -0.1) is 0 Å². The van der Waals surface area contributed by atoms with Gasteiger partial charge in [-0.05, 0) is 105 Å². The average molecular weight is 698 g/mol. The Kier molecular flexibility index (Phi) is 11.0. The maximum atomic E-state index is 12.8. The van der Waals surface area contributed by atoms with E-state index < -0.39 is 0 Å². The minimum atomic E-state index is -0.179. The number of unbranched alkanes of at least 4 members (excludes halogenated alkanes) is 2. The number of amides is 2. The molecule has 0 unspecified atom stereocenters. The number of benzene rings is 1. The first-order valence-corrected chi connectivity index (χ1v) is 20.5. The Morgan fingerprint density at radius 1 is 1.00 bits per heavy atom. The number of ketones is 1. The normalized spacial score (nSPS) is 35.9. The Labute approximate surface area is 306 Å². The molecule has 4 aliphatic carbocycles. The van der Waals surface area contributed by atoms with E-state index >= 15 is 0 Å². The Hall–Kier alpha value is -2.77. The first-order valence-electron chi connectivity index (χ1n) is 20.5. The number of rotatable bonds is 12. The molecule has 0 radical (unpaired) electrons. The first-order chi connectivity index (χ1) is 24.6. The summed E-state index contributed by atoms with van der Waals surface area (Å²) in [5.41, 5.74) is 5.87. The van der Waals surface area contributed by atoms with Gasteiger partial charge in [0, 0.05) is 63.8 Å². The highest BCUT2D eigenvalue weighted by atomic mass is 16.5. The summed E-state index contributed by atoms with van der Waals surface area (Å²) in [5, 5.41) is 6.25. The van der Waals surface area contributed by atoms with Crippen LogP contribution in [0.15, 0.2) is 53.1 Å². The highest BCUT2D eigenvalue weighted by Gasteiger charge is 2.61. The molecule has 4 fully saturated rings. The molecule has 7 rings (SSSR count). The highest BCUT2D eigenvalue weighted by Crippen LogP contribution is 2.65. The molecule has 7 heteroatoms. The van der Waals surface area contributed by atoms with Crippen molar-refractivity contribution in [3.8, 4) is 0 Å².